The molecule has 6 heavy (non-hydrogen) atoms. The van der Waals surface area contributed by atoms with Gasteiger partial charge >= 0.3 is 0 Å². The van der Waals surface area contributed by atoms with E-state index in [1.165, 1.54) is 0 Å². The summed E-state index contributed by atoms with van der Waals surface area (Å²) in [5.41, 5.74) is 0. The molecule has 1 aromatic rings. The fourth-order valence-corrected chi connectivity index (χ4v) is 0.589. The van der Waals surface area contributed by atoms with Crippen LogP contribution in [0.4, 0.5) is 0 Å². The molecule has 0 saturated heterocycles. The summed E-state index contributed by atoms with van der Waals surface area (Å²) in [6.07, 6.45) is 0. The maximum atomic E-state index is 2.88. The molecule has 0 aliphatic rings. The molecule has 0 aliphatic heterocycles. The van der Waals surface area contributed by atoms with Gasteiger partial charge in [0.25, 0.3) is 0 Å². The molecule has 32 valence electrons. The molecular formula is C4H3SW-. The van der Waals surface area contributed by atoms with Crippen LogP contribution in [0.3, 0.4) is 0 Å². The van der Waals surface area contributed by atoms with Crippen LogP contribution >= 0.6 is 11.3 Å². The third kappa shape index (κ3) is 1.74. The minimum atomic E-state index is 0. The van der Waals surface area contributed by atoms with Crippen molar-refractivity contribution in [3.63, 3.8) is 0 Å². The van der Waals surface area contributed by atoms with Crippen molar-refractivity contribution in [3.05, 3.63) is 22.9 Å². The van der Waals surface area contributed by atoms with Gasteiger partial charge in [-0.1, -0.05) is 0 Å². The first kappa shape index (κ1) is 6.39. The van der Waals surface area contributed by atoms with E-state index >= 15 is 0 Å². The topological polar surface area (TPSA) is 0 Å². The summed E-state index contributed by atoms with van der Waals surface area (Å²) in [4.78, 5) is 0. The van der Waals surface area contributed by atoms with Crippen molar-refractivity contribution in [3.8, 4) is 0 Å². The van der Waals surface area contributed by atoms with E-state index in [9.17, 15) is 0 Å². The fourth-order valence-electron chi connectivity index (χ4n) is 0.196. The van der Waals surface area contributed by atoms with Crippen LogP contribution < -0.4 is 0 Å². The quantitative estimate of drug-likeness (QED) is 0.625. The van der Waals surface area contributed by atoms with Crippen molar-refractivity contribution in [1.82, 2.24) is 0 Å². The first-order chi connectivity index (χ1) is 2.50. The summed E-state index contributed by atoms with van der Waals surface area (Å²) >= 11 is 1.66. The summed E-state index contributed by atoms with van der Waals surface area (Å²) in [7, 11) is 0. The molecule has 1 heterocycles. The molecule has 0 N–H and O–H groups in total. The van der Waals surface area contributed by atoms with Crippen molar-refractivity contribution in [2.45, 2.75) is 0 Å². The predicted octanol–water partition coefficient (Wildman–Crippen LogP) is 1.55. The third-order valence-electron chi connectivity index (χ3n) is 0.379. The molecule has 0 fully saturated rings. The van der Waals surface area contributed by atoms with E-state index in [1.54, 1.807) is 11.3 Å². The zero-order chi connectivity index (χ0) is 3.54. The van der Waals surface area contributed by atoms with Crippen LogP contribution in [0.5, 0.6) is 0 Å². The van der Waals surface area contributed by atoms with Crippen LogP contribution in [0, 0.1) is 6.07 Å². The predicted molar refractivity (Wildman–Crippen MR) is 23.2 cm³/mol. The minimum absolute atomic E-state index is 0. The zero-order valence-electron chi connectivity index (χ0n) is 3.05. The Labute approximate surface area is 55.5 Å². The minimum Gasteiger partial charge on any atom is -0.273 e. The molecule has 1 rings (SSSR count). The molecule has 2 heteroatoms. The second-order valence-corrected chi connectivity index (χ2v) is 1.50. The van der Waals surface area contributed by atoms with Gasteiger partial charge in [0, 0.05) is 21.1 Å². The van der Waals surface area contributed by atoms with E-state index in [1.807, 2.05) is 16.8 Å². The molecule has 0 radical (unpaired) electrons. The van der Waals surface area contributed by atoms with Gasteiger partial charge in [-0.05, 0) is 0 Å². The van der Waals surface area contributed by atoms with Gasteiger partial charge in [0.15, 0.2) is 0 Å². The van der Waals surface area contributed by atoms with E-state index in [4.69, 9.17) is 0 Å². The molecule has 0 unspecified atom stereocenters. The second kappa shape index (κ2) is 3.57. The number of hydrogen-bond donors (Lipinski definition) is 0. The van der Waals surface area contributed by atoms with Gasteiger partial charge in [-0.25, -0.2) is 12.1 Å². The normalized spacial score (nSPS) is 6.67. The molecular weight excluding hydrogens is 264 g/mol. The molecule has 0 spiro atoms. The number of hydrogen-bond acceptors (Lipinski definition) is 1. The van der Waals surface area contributed by atoms with Gasteiger partial charge in [0.1, 0.15) is 0 Å². The van der Waals surface area contributed by atoms with E-state index < -0.39 is 0 Å². The molecule has 0 aliphatic carbocycles. The Bertz CT molecular complexity index is 64.0. The Hall–Kier alpha value is 0.388. The molecule has 0 aromatic carbocycles. The van der Waals surface area contributed by atoms with E-state index in [0.29, 0.717) is 0 Å². The summed E-state index contributed by atoms with van der Waals surface area (Å²) in [5, 5.41) is 3.90. The van der Waals surface area contributed by atoms with Crippen molar-refractivity contribution in [1.29, 1.82) is 0 Å². The summed E-state index contributed by atoms with van der Waals surface area (Å²) < 4.78 is 0. The molecule has 0 atom stereocenters. The summed E-state index contributed by atoms with van der Waals surface area (Å²) in [6.45, 7) is 0. The van der Waals surface area contributed by atoms with Crippen molar-refractivity contribution in [2.75, 3.05) is 0 Å². The Balaban J connectivity index is 0.000000250. The van der Waals surface area contributed by atoms with E-state index in [2.05, 4.69) is 6.07 Å². The van der Waals surface area contributed by atoms with Crippen LogP contribution in [0.15, 0.2) is 16.8 Å². The molecule has 0 nitrogen and oxygen atoms in total. The van der Waals surface area contributed by atoms with Gasteiger partial charge in [0.2, 0.25) is 0 Å². The maximum absolute atomic E-state index is 2.88. The standard InChI is InChI=1S/C4H3S.W/c1-2-4-5-3-1;/h1,3-4H;/q-1;. The Morgan fingerprint density at radius 3 is 2.50 bits per heavy atom. The SMILES string of the molecule is [W].[c-]1ccsc1. The van der Waals surface area contributed by atoms with Gasteiger partial charge in [-0.2, -0.15) is 5.38 Å². The van der Waals surface area contributed by atoms with Crippen LogP contribution in [0.1, 0.15) is 0 Å². The smallest absolute Gasteiger partial charge is 0 e. The van der Waals surface area contributed by atoms with Gasteiger partial charge < -0.3 is 0 Å². The third-order valence-corrected chi connectivity index (χ3v) is 0.944. The average molecular weight is 267 g/mol. The number of rotatable bonds is 0. The zero-order valence-corrected chi connectivity index (χ0v) is 6.80. The Kier molecular flexibility index (Phi) is 3.81. The van der Waals surface area contributed by atoms with E-state index in [-0.39, 0.29) is 21.1 Å². The second-order valence-electron chi connectivity index (χ2n) is 0.723. The van der Waals surface area contributed by atoms with Crippen LogP contribution in [-0.4, -0.2) is 0 Å². The van der Waals surface area contributed by atoms with Crippen LogP contribution in [-0.2, 0) is 21.1 Å². The van der Waals surface area contributed by atoms with Gasteiger partial charge in [-0.15, -0.1) is 5.38 Å². The van der Waals surface area contributed by atoms with Crippen molar-refractivity contribution >= 4 is 11.3 Å². The Morgan fingerprint density at radius 2 is 2.33 bits per heavy atom. The molecule has 0 saturated carbocycles. The summed E-state index contributed by atoms with van der Waals surface area (Å²) in [6, 6.07) is 4.77. The average Bonchev–Trinajstić information content (AvgIpc) is 1.76. The number of thiophene rings is 1. The fraction of sp³-hybridized carbons (Fsp3) is 0. The van der Waals surface area contributed by atoms with Crippen molar-refractivity contribution in [2.24, 2.45) is 0 Å². The van der Waals surface area contributed by atoms with E-state index in [0.717, 1.165) is 0 Å². The van der Waals surface area contributed by atoms with Gasteiger partial charge in [-0.3, -0.25) is 11.3 Å². The Morgan fingerprint density at radius 1 is 1.50 bits per heavy atom. The van der Waals surface area contributed by atoms with Crippen LogP contribution in [0.25, 0.3) is 0 Å². The molecule has 0 amide bonds. The van der Waals surface area contributed by atoms with Crippen molar-refractivity contribution < 1.29 is 21.1 Å². The monoisotopic (exact) mass is 267 g/mol. The molecule has 1 aromatic heterocycles. The first-order valence-electron chi connectivity index (χ1n) is 1.38. The summed E-state index contributed by atoms with van der Waals surface area (Å²) in [5.74, 6) is 0. The molecule has 0 bridgehead atoms. The maximum Gasteiger partial charge on any atom is 0 e. The largest absolute Gasteiger partial charge is 0.273 e. The van der Waals surface area contributed by atoms with Gasteiger partial charge in [0.05, 0.1) is 0 Å². The first-order valence-corrected chi connectivity index (χ1v) is 2.32. The van der Waals surface area contributed by atoms with Crippen LogP contribution in [0.2, 0.25) is 0 Å².